The number of nitrogens with one attached hydrogen (secondary N) is 1. The monoisotopic (exact) mass is 193 g/mol. The molecule has 0 unspecified atom stereocenters. The zero-order chi connectivity index (χ0) is 9.68. The highest BCUT2D eigenvalue weighted by atomic mass is 32.1. The van der Waals surface area contributed by atoms with Gasteiger partial charge in [0, 0.05) is 11.8 Å². The van der Waals surface area contributed by atoms with Gasteiger partial charge in [0.1, 0.15) is 4.99 Å². The van der Waals surface area contributed by atoms with E-state index in [0.717, 1.165) is 5.69 Å². The summed E-state index contributed by atoms with van der Waals surface area (Å²) in [6.07, 6.45) is 1.50. The van der Waals surface area contributed by atoms with E-state index in [2.05, 4.69) is 5.32 Å². The molecule has 1 aromatic rings. The van der Waals surface area contributed by atoms with Crippen LogP contribution in [0.3, 0.4) is 0 Å². The Morgan fingerprint density at radius 1 is 1.38 bits per heavy atom. The third-order valence-electron chi connectivity index (χ3n) is 1.38. The van der Waals surface area contributed by atoms with Gasteiger partial charge < -0.3 is 10.4 Å². The molecule has 1 aromatic carbocycles. The maximum absolute atomic E-state index is 8.93. The van der Waals surface area contributed by atoms with Gasteiger partial charge in [0.25, 0.3) is 0 Å². The first-order chi connectivity index (χ1) is 6.18. The number of benzene rings is 1. The summed E-state index contributed by atoms with van der Waals surface area (Å²) in [5.41, 5.74) is 0.921. The van der Waals surface area contributed by atoms with Crippen LogP contribution in [0.4, 0.5) is 5.69 Å². The number of rotatable bonds is 2. The van der Waals surface area contributed by atoms with Gasteiger partial charge in [-0.25, -0.2) is 0 Å². The molecule has 13 heavy (non-hydrogen) atoms. The second-order valence-electron chi connectivity index (χ2n) is 2.64. The highest BCUT2D eigenvalue weighted by Crippen LogP contribution is 2.05. The lowest BCUT2D eigenvalue weighted by Crippen LogP contribution is -2.05. The fourth-order valence-corrected chi connectivity index (χ4v) is 1.18. The molecule has 0 aromatic heterocycles. The van der Waals surface area contributed by atoms with Crippen molar-refractivity contribution in [2.45, 2.75) is 6.92 Å². The molecule has 0 aliphatic rings. The van der Waals surface area contributed by atoms with Crippen molar-refractivity contribution >= 4 is 22.9 Å². The van der Waals surface area contributed by atoms with Gasteiger partial charge in [-0.2, -0.15) is 0 Å². The number of hydrogen-bond acceptors (Lipinski definition) is 2. The molecule has 0 amide bonds. The summed E-state index contributed by atoms with van der Waals surface area (Å²) in [6.45, 7) is 1.58. The topological polar surface area (TPSA) is 32.3 Å². The molecule has 0 spiro atoms. The first-order valence-electron chi connectivity index (χ1n) is 3.92. The first-order valence-corrected chi connectivity index (χ1v) is 4.32. The van der Waals surface area contributed by atoms with Crippen LogP contribution in [0.15, 0.2) is 42.2 Å². The zero-order valence-electron chi connectivity index (χ0n) is 7.32. The largest absolute Gasteiger partial charge is 0.513 e. The van der Waals surface area contributed by atoms with Crippen molar-refractivity contribution in [2.24, 2.45) is 0 Å². The minimum Gasteiger partial charge on any atom is -0.513 e. The number of anilines is 1. The fourth-order valence-electron chi connectivity index (χ4n) is 0.890. The summed E-state index contributed by atoms with van der Waals surface area (Å²) in [5, 5.41) is 11.9. The van der Waals surface area contributed by atoms with Crippen molar-refractivity contribution in [2.75, 3.05) is 5.32 Å². The normalized spacial score (nSPS) is 11.0. The maximum atomic E-state index is 8.93. The lowest BCUT2D eigenvalue weighted by molar-refractivity contribution is 0.415. The number of allylic oxidation sites excluding steroid dienone is 1. The van der Waals surface area contributed by atoms with E-state index in [0.29, 0.717) is 4.99 Å². The third kappa shape index (κ3) is 3.71. The smallest absolute Gasteiger partial charge is 0.106 e. The molecule has 2 nitrogen and oxygen atoms in total. The van der Waals surface area contributed by atoms with Gasteiger partial charge in [-0.05, 0) is 19.1 Å². The maximum Gasteiger partial charge on any atom is 0.106 e. The van der Waals surface area contributed by atoms with Gasteiger partial charge in [-0.15, -0.1) is 0 Å². The molecule has 1 rings (SSSR count). The average Bonchev–Trinajstić information content (AvgIpc) is 2.04. The third-order valence-corrected chi connectivity index (χ3v) is 1.60. The van der Waals surface area contributed by atoms with Crippen molar-refractivity contribution < 1.29 is 5.11 Å². The van der Waals surface area contributed by atoms with E-state index < -0.39 is 0 Å². The summed E-state index contributed by atoms with van der Waals surface area (Å²) in [4.78, 5) is 0.506. The van der Waals surface area contributed by atoms with Gasteiger partial charge in [0.2, 0.25) is 0 Å². The van der Waals surface area contributed by atoms with Crippen LogP contribution in [-0.2, 0) is 0 Å². The predicted molar refractivity (Wildman–Crippen MR) is 59.0 cm³/mol. The minimum atomic E-state index is 0.202. The quantitative estimate of drug-likeness (QED) is 0.430. The molecule has 0 fully saturated rings. The first kappa shape index (κ1) is 9.74. The van der Waals surface area contributed by atoms with Crippen molar-refractivity contribution in [3.05, 3.63) is 42.2 Å². The van der Waals surface area contributed by atoms with Crippen LogP contribution >= 0.6 is 12.2 Å². The molecule has 3 heteroatoms. The van der Waals surface area contributed by atoms with Crippen LogP contribution in [0.25, 0.3) is 0 Å². The molecule has 0 heterocycles. The Kier molecular flexibility index (Phi) is 3.46. The Balaban J connectivity index is 2.61. The highest BCUT2D eigenvalue weighted by Gasteiger charge is 1.93. The highest BCUT2D eigenvalue weighted by molar-refractivity contribution is 7.81. The van der Waals surface area contributed by atoms with Crippen LogP contribution in [0.2, 0.25) is 0 Å². The van der Waals surface area contributed by atoms with Gasteiger partial charge in [0.05, 0.1) is 5.76 Å². The number of aliphatic hydroxyl groups excluding tert-OH is 1. The second kappa shape index (κ2) is 4.62. The molecule has 0 radical (unpaired) electrons. The Morgan fingerprint density at radius 2 is 2.00 bits per heavy atom. The molecular weight excluding hydrogens is 182 g/mol. The van der Waals surface area contributed by atoms with E-state index in [4.69, 9.17) is 17.3 Å². The Labute approximate surface area is 82.9 Å². The van der Waals surface area contributed by atoms with Gasteiger partial charge in [0.15, 0.2) is 0 Å². The molecule has 2 N–H and O–H groups in total. The van der Waals surface area contributed by atoms with Gasteiger partial charge in [-0.3, -0.25) is 0 Å². The number of hydrogen-bond donors (Lipinski definition) is 2. The molecule has 0 aliphatic carbocycles. The van der Waals surface area contributed by atoms with Gasteiger partial charge >= 0.3 is 0 Å². The molecule has 0 aliphatic heterocycles. The fraction of sp³-hybridized carbons (Fsp3) is 0.100. The van der Waals surface area contributed by atoms with E-state index in [1.54, 1.807) is 6.92 Å². The Morgan fingerprint density at radius 3 is 2.54 bits per heavy atom. The van der Waals surface area contributed by atoms with Crippen LogP contribution in [0, 0.1) is 0 Å². The minimum absolute atomic E-state index is 0.202. The summed E-state index contributed by atoms with van der Waals surface area (Å²) in [6, 6.07) is 9.59. The van der Waals surface area contributed by atoms with E-state index >= 15 is 0 Å². The summed E-state index contributed by atoms with van der Waals surface area (Å²) in [5.74, 6) is 0.202. The predicted octanol–water partition coefficient (Wildman–Crippen LogP) is 2.89. The molecule has 0 atom stereocenters. The molecule has 0 saturated heterocycles. The SMILES string of the molecule is CC(O)=CC(=S)Nc1ccccc1. The molecule has 0 bridgehead atoms. The average molecular weight is 193 g/mol. The zero-order valence-corrected chi connectivity index (χ0v) is 8.14. The number of aliphatic hydroxyl groups is 1. The van der Waals surface area contributed by atoms with E-state index in [-0.39, 0.29) is 5.76 Å². The van der Waals surface area contributed by atoms with Crippen LogP contribution in [-0.4, -0.2) is 10.1 Å². The van der Waals surface area contributed by atoms with Crippen molar-refractivity contribution in [1.82, 2.24) is 0 Å². The Bertz CT molecular complexity index is 315. The summed E-state index contributed by atoms with van der Waals surface area (Å²) >= 11 is 4.96. The standard InChI is InChI=1S/C10H11NOS/c1-8(12)7-10(13)11-9-5-3-2-4-6-9/h2-7,12H,1H3,(H,11,13). The Hall–Kier alpha value is -1.35. The van der Waals surface area contributed by atoms with Crippen LogP contribution < -0.4 is 5.32 Å². The number of para-hydroxylation sites is 1. The van der Waals surface area contributed by atoms with E-state index in [1.165, 1.54) is 6.08 Å². The van der Waals surface area contributed by atoms with E-state index in [9.17, 15) is 0 Å². The van der Waals surface area contributed by atoms with Crippen molar-refractivity contribution in [3.63, 3.8) is 0 Å². The van der Waals surface area contributed by atoms with Gasteiger partial charge in [-0.1, -0.05) is 30.4 Å². The summed E-state index contributed by atoms with van der Waals surface area (Å²) < 4.78 is 0. The van der Waals surface area contributed by atoms with E-state index in [1.807, 2.05) is 30.3 Å². The second-order valence-corrected chi connectivity index (χ2v) is 3.08. The molecule has 68 valence electrons. The lowest BCUT2D eigenvalue weighted by atomic mass is 10.3. The molecular formula is C10H11NOS. The van der Waals surface area contributed by atoms with Crippen LogP contribution in [0.5, 0.6) is 0 Å². The molecule has 0 saturated carbocycles. The summed E-state index contributed by atoms with van der Waals surface area (Å²) in [7, 11) is 0. The lowest BCUT2D eigenvalue weighted by Gasteiger charge is -2.03. The number of thiocarbonyl (C=S) groups is 1. The van der Waals surface area contributed by atoms with Crippen LogP contribution in [0.1, 0.15) is 6.92 Å². The van der Waals surface area contributed by atoms with Crippen molar-refractivity contribution in [1.29, 1.82) is 0 Å². The van der Waals surface area contributed by atoms with Crippen molar-refractivity contribution in [3.8, 4) is 0 Å².